The molecule has 3 aliphatic rings. The van der Waals surface area contributed by atoms with Gasteiger partial charge in [-0.1, -0.05) is 6.92 Å². The largest absolute Gasteiger partial charge is 0.573 e. The molecular formula is C32H35F3N6O9. The number of ketones is 2. The summed E-state index contributed by atoms with van der Waals surface area (Å²) in [6.07, 6.45) is -5.13. The number of aromatic hydroxyl groups is 1. The smallest absolute Gasteiger partial charge is 0.510 e. The molecule has 3 amide bonds. The van der Waals surface area contributed by atoms with Crippen LogP contribution in [0.1, 0.15) is 29.3 Å². The van der Waals surface area contributed by atoms with Gasteiger partial charge in [0.1, 0.15) is 22.8 Å². The summed E-state index contributed by atoms with van der Waals surface area (Å²) in [4.78, 5) is 56.5. The number of alkyl halides is 3. The lowest BCUT2D eigenvalue weighted by Crippen LogP contribution is -2.65. The van der Waals surface area contributed by atoms with Gasteiger partial charge >= 0.3 is 12.4 Å². The third-order valence-corrected chi connectivity index (χ3v) is 9.40. The van der Waals surface area contributed by atoms with E-state index in [1.54, 1.807) is 25.9 Å². The Balaban J connectivity index is 1.59. The minimum atomic E-state index is -4.94. The first-order chi connectivity index (χ1) is 23.0. The zero-order valence-corrected chi connectivity index (χ0v) is 27.4. The van der Waals surface area contributed by atoms with Crippen molar-refractivity contribution < 1.29 is 57.5 Å². The number of primary amides is 1. The quantitative estimate of drug-likeness (QED) is 0.0756. The number of urea groups is 1. The van der Waals surface area contributed by atoms with Gasteiger partial charge in [-0.15, -0.1) is 13.2 Å². The molecule has 0 saturated carbocycles. The number of carbonyl (C=O) groups is 4. The number of benzene rings is 2. The van der Waals surface area contributed by atoms with E-state index >= 15 is 0 Å². The number of nitrogens with one attached hydrogen (secondary N) is 1. The first-order valence-corrected chi connectivity index (χ1v) is 15.0. The summed E-state index contributed by atoms with van der Waals surface area (Å²) in [7, 11) is 6.30. The van der Waals surface area contributed by atoms with E-state index in [1.165, 1.54) is 25.1 Å². The maximum Gasteiger partial charge on any atom is 0.573 e. The maximum absolute atomic E-state index is 14.4. The summed E-state index contributed by atoms with van der Waals surface area (Å²) in [6.45, 7) is 1.62. The van der Waals surface area contributed by atoms with E-state index in [4.69, 9.17) is 11.6 Å². The highest BCUT2D eigenvalue weighted by atomic mass is 19.4. The number of nitrogens with zero attached hydrogens (tertiary/aromatic N) is 3. The number of allylic oxidation sites excluding steroid dienone is 1. The van der Waals surface area contributed by atoms with E-state index < -0.39 is 87.0 Å². The summed E-state index contributed by atoms with van der Waals surface area (Å²) in [6, 6.07) is 3.12. The van der Waals surface area contributed by atoms with Crippen LogP contribution < -0.4 is 31.5 Å². The number of phenols is 1. The van der Waals surface area contributed by atoms with Crippen LogP contribution in [0.2, 0.25) is 0 Å². The molecule has 0 spiro atoms. The molecule has 2 aromatic carbocycles. The highest BCUT2D eigenvalue weighted by molar-refractivity contribution is 6.25. The van der Waals surface area contributed by atoms with Crippen LogP contribution in [-0.4, -0.2) is 95.0 Å². The predicted molar refractivity (Wildman–Crippen MR) is 171 cm³/mol. The summed E-state index contributed by atoms with van der Waals surface area (Å²) in [5, 5.41) is 49.0. The molecular weight excluding hydrogens is 669 g/mol. The predicted octanol–water partition coefficient (Wildman–Crippen LogP) is 2.39. The number of carbonyl (C=O) groups excluding carboxylic acids is 4. The Hall–Kier alpha value is -5.33. The van der Waals surface area contributed by atoms with Gasteiger partial charge in [-0.2, -0.15) is 0 Å². The number of ether oxygens (including phenoxy) is 1. The van der Waals surface area contributed by atoms with Gasteiger partial charge in [-0.25, -0.2) is 15.6 Å². The first kappa shape index (κ1) is 36.0. The number of anilines is 3. The molecule has 9 N–H and O–H groups in total. The number of amides is 3. The number of halogens is 3. The lowest BCUT2D eigenvalue weighted by atomic mass is 9.53. The molecule has 50 heavy (non-hydrogen) atoms. The summed E-state index contributed by atoms with van der Waals surface area (Å²) >= 11 is 0. The van der Waals surface area contributed by atoms with Crippen LogP contribution in [0.5, 0.6) is 11.5 Å². The minimum absolute atomic E-state index is 0.0355. The number of hydrazine groups is 1. The molecule has 0 saturated heterocycles. The monoisotopic (exact) mass is 704 g/mol. The zero-order valence-electron chi connectivity index (χ0n) is 27.4. The van der Waals surface area contributed by atoms with Crippen LogP contribution >= 0.6 is 0 Å². The Morgan fingerprint density at radius 2 is 1.66 bits per heavy atom. The van der Waals surface area contributed by atoms with E-state index in [-0.39, 0.29) is 29.8 Å². The second-order valence-electron chi connectivity index (χ2n) is 13.1. The average Bonchev–Trinajstić information content (AvgIpc) is 2.98. The summed E-state index contributed by atoms with van der Waals surface area (Å²) in [5.74, 6) is -2.16. The molecule has 0 fully saturated rings. The number of hydrogen-bond acceptors (Lipinski definition) is 12. The fraction of sp³-hybridized carbons (Fsp3) is 0.375. The van der Waals surface area contributed by atoms with Crippen molar-refractivity contribution in [2.45, 2.75) is 37.8 Å². The van der Waals surface area contributed by atoms with E-state index in [0.29, 0.717) is 16.3 Å². The van der Waals surface area contributed by atoms with Crippen LogP contribution in [0.15, 0.2) is 53.0 Å². The Morgan fingerprint density at radius 3 is 2.18 bits per heavy atom. The Morgan fingerprint density at radius 1 is 1.06 bits per heavy atom. The van der Waals surface area contributed by atoms with Crippen LogP contribution in [0.4, 0.5) is 35.0 Å². The normalized spacial score (nSPS) is 24.8. The van der Waals surface area contributed by atoms with Gasteiger partial charge in [0.25, 0.3) is 5.91 Å². The van der Waals surface area contributed by atoms with Crippen molar-refractivity contribution in [2.75, 3.05) is 43.4 Å². The number of hydrogen-bond donors (Lipinski definition) is 7. The van der Waals surface area contributed by atoms with Gasteiger partial charge < -0.3 is 41.1 Å². The van der Waals surface area contributed by atoms with Crippen LogP contribution in [-0.2, 0) is 16.0 Å². The number of Topliss-reactive ketones (excluding diaryl/α,β-unsaturated/α-hetero) is 2. The van der Waals surface area contributed by atoms with Gasteiger partial charge in [-0.3, -0.25) is 19.3 Å². The lowest BCUT2D eigenvalue weighted by molar-refractivity contribution is -0.274. The minimum Gasteiger partial charge on any atom is -0.510 e. The number of fused-ring (bicyclic) bond motifs is 3. The molecule has 0 aliphatic heterocycles. The third-order valence-electron chi connectivity index (χ3n) is 9.40. The maximum atomic E-state index is 14.4. The fourth-order valence-electron chi connectivity index (χ4n) is 7.27. The second kappa shape index (κ2) is 11.9. The molecule has 3 aliphatic carbocycles. The molecule has 0 heterocycles. The van der Waals surface area contributed by atoms with Crippen molar-refractivity contribution in [3.05, 3.63) is 64.1 Å². The highest BCUT2D eigenvalue weighted by Gasteiger charge is 2.65. The Bertz CT molecular complexity index is 1890. The first-order valence-electron chi connectivity index (χ1n) is 15.0. The Kier molecular flexibility index (Phi) is 8.57. The van der Waals surface area contributed by atoms with Gasteiger partial charge in [-0.05, 0) is 62.8 Å². The van der Waals surface area contributed by atoms with E-state index in [2.05, 4.69) is 10.1 Å². The molecule has 0 radical (unpaired) electrons. The molecule has 0 aromatic heterocycles. The average molecular weight is 705 g/mol. The second-order valence-corrected chi connectivity index (χ2v) is 13.1. The molecule has 0 bridgehead atoms. The van der Waals surface area contributed by atoms with E-state index in [9.17, 15) is 52.8 Å². The van der Waals surface area contributed by atoms with Crippen molar-refractivity contribution >= 4 is 40.6 Å². The van der Waals surface area contributed by atoms with Crippen molar-refractivity contribution in [3.63, 3.8) is 0 Å². The van der Waals surface area contributed by atoms with Crippen LogP contribution in [0.3, 0.4) is 0 Å². The highest BCUT2D eigenvalue weighted by Crippen LogP contribution is 2.58. The number of rotatable bonds is 6. The van der Waals surface area contributed by atoms with Crippen LogP contribution in [0.25, 0.3) is 0 Å². The number of nitrogens with two attached hydrogens (primary N) is 2. The molecule has 0 unspecified atom stereocenters. The van der Waals surface area contributed by atoms with Crippen molar-refractivity contribution in [1.29, 1.82) is 0 Å². The van der Waals surface area contributed by atoms with E-state index in [0.717, 1.165) is 24.3 Å². The van der Waals surface area contributed by atoms with Crippen molar-refractivity contribution in [1.82, 2.24) is 4.90 Å². The number of phenolic OH excluding ortho intramolecular Hbond substituents is 1. The molecule has 2 aromatic rings. The lowest BCUT2D eigenvalue weighted by Gasteiger charge is -2.53. The van der Waals surface area contributed by atoms with Gasteiger partial charge in [0, 0.05) is 36.7 Å². The SMILES string of the molecule is CN(C)c1cc(NC(=O)N(N)c2ccc(OC(F)(F)F)cc2)c(O)c2c1C[C@@]1(C)C[C@H]3[C@H](N(C)C)C(O)=C(C(N)=O)C(=O)[C@@]3(O)C(O)=C1C2=O. The zero-order chi connectivity index (χ0) is 37.4. The fourth-order valence-corrected chi connectivity index (χ4v) is 7.27. The molecule has 18 heteroatoms. The summed E-state index contributed by atoms with van der Waals surface area (Å²) < 4.78 is 41.5. The standard InChI is InChI=1S/C32H35F3N6O9/c1-30-11-15-18(39(2)3)10-17(38-29(48)41(37)13-6-8-14(9-7-13)50-32(33,34)35)23(42)19(15)24(43)21(30)27(46)31(49)16(12-30)22(40(4)5)25(44)20(26(31)45)28(36)47/h6-10,16,22,42,44,46,49H,11-12,37H2,1-5H3,(H2,36,47)(H,38,48)/t16-,22-,30-,31+/m0/s1. The molecule has 268 valence electrons. The number of likely N-dealkylation sites (N-methyl/N-ethyl adjacent to an activating group) is 1. The van der Waals surface area contributed by atoms with Crippen LogP contribution in [0, 0.1) is 11.3 Å². The topological polar surface area (TPSA) is 232 Å². The van der Waals surface area contributed by atoms with Crippen molar-refractivity contribution in [2.24, 2.45) is 22.9 Å². The number of aliphatic hydroxyl groups excluding tert-OH is 2. The van der Waals surface area contributed by atoms with Crippen molar-refractivity contribution in [3.8, 4) is 11.5 Å². The number of aliphatic hydroxyl groups is 3. The van der Waals surface area contributed by atoms with E-state index in [1.807, 2.05) is 0 Å². The molecule has 4 atom stereocenters. The molecule has 5 rings (SSSR count). The molecule has 15 nitrogen and oxygen atoms in total. The third kappa shape index (κ3) is 5.54. The Labute approximate surface area is 282 Å². The van der Waals surface area contributed by atoms with Gasteiger partial charge in [0.15, 0.2) is 17.1 Å². The van der Waals surface area contributed by atoms with Gasteiger partial charge in [0.2, 0.25) is 5.78 Å². The van der Waals surface area contributed by atoms with Gasteiger partial charge in [0.05, 0.1) is 23.0 Å². The summed E-state index contributed by atoms with van der Waals surface area (Å²) in [5.41, 5.74) is -0.233.